The number of ether oxygens (including phenoxy) is 1. The molecule has 3 rings (SSSR count). The summed E-state index contributed by atoms with van der Waals surface area (Å²) >= 11 is 0. The lowest BCUT2D eigenvalue weighted by Gasteiger charge is -2.13. The van der Waals surface area contributed by atoms with E-state index in [-0.39, 0.29) is 0 Å². The van der Waals surface area contributed by atoms with Gasteiger partial charge in [0.15, 0.2) is 0 Å². The summed E-state index contributed by atoms with van der Waals surface area (Å²) in [6.45, 7) is 0.897. The molecule has 5 heteroatoms. The zero-order chi connectivity index (χ0) is 15.9. The third-order valence-corrected chi connectivity index (χ3v) is 4.23. The van der Waals surface area contributed by atoms with Gasteiger partial charge in [-0.1, -0.05) is 25.7 Å². The Kier molecular flexibility index (Phi) is 5.40. The molecule has 23 heavy (non-hydrogen) atoms. The van der Waals surface area contributed by atoms with Crippen LogP contribution in [0.3, 0.4) is 0 Å². The van der Waals surface area contributed by atoms with Gasteiger partial charge in [0.05, 0.1) is 12.6 Å². The lowest BCUT2D eigenvalue weighted by Crippen LogP contribution is -2.15. The minimum Gasteiger partial charge on any atom is -0.497 e. The molecule has 1 aromatic carbocycles. The van der Waals surface area contributed by atoms with Gasteiger partial charge in [-0.3, -0.25) is 4.99 Å². The highest BCUT2D eigenvalue weighted by Crippen LogP contribution is 2.24. The van der Waals surface area contributed by atoms with Crippen LogP contribution in [0.25, 0.3) is 10.9 Å². The van der Waals surface area contributed by atoms with Crippen LogP contribution in [0.1, 0.15) is 44.9 Å². The number of rotatable bonds is 2. The van der Waals surface area contributed by atoms with Gasteiger partial charge in [-0.15, -0.1) is 0 Å². The number of hydrogen-bond acceptors (Lipinski definition) is 5. The maximum atomic E-state index is 5.32. The molecule has 0 atom stereocenters. The fourth-order valence-corrected chi connectivity index (χ4v) is 2.91. The first-order valence-electron chi connectivity index (χ1n) is 8.46. The van der Waals surface area contributed by atoms with Gasteiger partial charge in [0.1, 0.15) is 23.7 Å². The third-order valence-electron chi connectivity index (χ3n) is 4.23. The van der Waals surface area contributed by atoms with Crippen LogP contribution in [0.4, 0.5) is 5.82 Å². The Bertz CT molecular complexity index is 684. The highest BCUT2D eigenvalue weighted by atomic mass is 16.5. The van der Waals surface area contributed by atoms with Gasteiger partial charge < -0.3 is 10.1 Å². The van der Waals surface area contributed by atoms with E-state index in [0.29, 0.717) is 0 Å². The van der Waals surface area contributed by atoms with Crippen molar-refractivity contribution < 1.29 is 4.74 Å². The van der Waals surface area contributed by atoms with Gasteiger partial charge in [-0.2, -0.15) is 0 Å². The number of benzene rings is 1. The Hall–Kier alpha value is -2.17. The Morgan fingerprint density at radius 1 is 1.00 bits per heavy atom. The van der Waals surface area contributed by atoms with Crippen LogP contribution in [0.15, 0.2) is 29.5 Å². The maximum Gasteiger partial charge on any atom is 0.142 e. The van der Waals surface area contributed by atoms with E-state index in [9.17, 15) is 0 Å². The molecule has 0 amide bonds. The largest absolute Gasteiger partial charge is 0.497 e. The lowest BCUT2D eigenvalue weighted by molar-refractivity contribution is 0.415. The molecular weight excluding hydrogens is 288 g/mol. The van der Waals surface area contributed by atoms with E-state index in [4.69, 9.17) is 9.73 Å². The van der Waals surface area contributed by atoms with Crippen LogP contribution in [0.2, 0.25) is 0 Å². The summed E-state index contributed by atoms with van der Waals surface area (Å²) in [6.07, 6.45) is 10.2. The Labute approximate surface area is 137 Å². The number of amidine groups is 1. The predicted molar refractivity (Wildman–Crippen MR) is 94.3 cm³/mol. The number of methoxy groups -OCH3 is 1. The molecule has 1 aromatic heterocycles. The van der Waals surface area contributed by atoms with Crippen LogP contribution >= 0.6 is 0 Å². The monoisotopic (exact) mass is 312 g/mol. The molecular formula is C18H24N4O. The van der Waals surface area contributed by atoms with Crippen LogP contribution in [0, 0.1) is 0 Å². The molecule has 0 bridgehead atoms. The van der Waals surface area contributed by atoms with Crippen molar-refractivity contribution >= 4 is 22.6 Å². The number of nitrogens with one attached hydrogen (secondary N) is 1. The van der Waals surface area contributed by atoms with Crippen molar-refractivity contribution in [1.29, 1.82) is 0 Å². The average Bonchev–Trinajstić information content (AvgIpc) is 2.60. The van der Waals surface area contributed by atoms with E-state index in [2.05, 4.69) is 15.3 Å². The Morgan fingerprint density at radius 2 is 1.83 bits per heavy atom. The number of hydrogen-bond donors (Lipinski definition) is 1. The van der Waals surface area contributed by atoms with Crippen molar-refractivity contribution in [3.63, 3.8) is 0 Å². The molecule has 0 saturated heterocycles. The van der Waals surface area contributed by atoms with E-state index in [1.165, 1.54) is 38.5 Å². The second-order valence-electron chi connectivity index (χ2n) is 5.93. The molecule has 122 valence electrons. The number of aromatic nitrogens is 2. The highest BCUT2D eigenvalue weighted by molar-refractivity contribution is 6.01. The van der Waals surface area contributed by atoms with Crippen molar-refractivity contribution in [2.24, 2.45) is 4.99 Å². The van der Waals surface area contributed by atoms with Crippen LogP contribution in [-0.4, -0.2) is 29.5 Å². The van der Waals surface area contributed by atoms with Gasteiger partial charge in [-0.25, -0.2) is 9.97 Å². The molecule has 0 spiro atoms. The second kappa shape index (κ2) is 7.90. The molecule has 1 aliphatic heterocycles. The summed E-state index contributed by atoms with van der Waals surface area (Å²) < 4.78 is 5.32. The number of anilines is 1. The Morgan fingerprint density at radius 3 is 2.70 bits per heavy atom. The summed E-state index contributed by atoms with van der Waals surface area (Å²) in [5, 5.41) is 4.40. The lowest BCUT2D eigenvalue weighted by atomic mass is 10.1. The molecule has 2 aromatic rings. The molecule has 1 aliphatic rings. The van der Waals surface area contributed by atoms with Crippen molar-refractivity contribution in [3.05, 3.63) is 24.5 Å². The molecule has 1 N–H and O–H groups in total. The van der Waals surface area contributed by atoms with Crippen LogP contribution < -0.4 is 10.1 Å². The minimum absolute atomic E-state index is 0.809. The van der Waals surface area contributed by atoms with Gasteiger partial charge in [0, 0.05) is 18.4 Å². The van der Waals surface area contributed by atoms with Gasteiger partial charge in [0.2, 0.25) is 0 Å². The summed E-state index contributed by atoms with van der Waals surface area (Å²) in [5.74, 6) is 2.66. The van der Waals surface area contributed by atoms with Crippen LogP contribution in [-0.2, 0) is 0 Å². The fourth-order valence-electron chi connectivity index (χ4n) is 2.91. The van der Waals surface area contributed by atoms with Gasteiger partial charge in [-0.05, 0) is 31.0 Å². The molecule has 0 radical (unpaired) electrons. The van der Waals surface area contributed by atoms with E-state index in [1.54, 1.807) is 13.4 Å². The summed E-state index contributed by atoms with van der Waals surface area (Å²) in [5.41, 5.74) is 0.906. The zero-order valence-electron chi connectivity index (χ0n) is 13.7. The standard InChI is InChI=1S/C18H24N4O/c1-23-14-9-10-16-15(12-14)18(21-13-20-16)22-17-8-6-4-2-3-5-7-11-19-17/h9-10,12-13H,2-8,11H2,1H3,(H,19,20,21,22). The summed E-state index contributed by atoms with van der Waals surface area (Å²) in [6, 6.07) is 5.84. The molecule has 0 saturated carbocycles. The maximum absolute atomic E-state index is 5.32. The van der Waals surface area contributed by atoms with E-state index in [1.807, 2.05) is 18.2 Å². The molecule has 5 nitrogen and oxygen atoms in total. The summed E-state index contributed by atoms with van der Waals surface area (Å²) in [7, 11) is 1.67. The van der Waals surface area contributed by atoms with Gasteiger partial charge >= 0.3 is 0 Å². The molecule has 0 fully saturated rings. The SMILES string of the molecule is COc1ccc2ncnc(NC3=NCCCCCCCC3)c2c1. The molecule has 0 unspecified atom stereocenters. The van der Waals surface area contributed by atoms with Crippen LogP contribution in [0.5, 0.6) is 5.75 Å². The quantitative estimate of drug-likeness (QED) is 0.903. The smallest absolute Gasteiger partial charge is 0.142 e. The first-order valence-corrected chi connectivity index (χ1v) is 8.46. The molecule has 2 heterocycles. The van der Waals surface area contributed by atoms with Gasteiger partial charge in [0.25, 0.3) is 0 Å². The number of nitrogens with zero attached hydrogens (tertiary/aromatic N) is 3. The van der Waals surface area contributed by atoms with Crippen molar-refractivity contribution in [1.82, 2.24) is 9.97 Å². The average molecular weight is 312 g/mol. The second-order valence-corrected chi connectivity index (χ2v) is 5.93. The first-order chi connectivity index (χ1) is 11.4. The highest BCUT2D eigenvalue weighted by Gasteiger charge is 2.09. The molecule has 0 aliphatic carbocycles. The topological polar surface area (TPSA) is 59.4 Å². The van der Waals surface area contributed by atoms with E-state index >= 15 is 0 Å². The fraction of sp³-hybridized carbons (Fsp3) is 0.500. The summed E-state index contributed by atoms with van der Waals surface area (Å²) in [4.78, 5) is 13.5. The van der Waals surface area contributed by atoms with Crippen molar-refractivity contribution in [2.45, 2.75) is 44.9 Å². The third kappa shape index (κ3) is 4.18. The number of aliphatic imine (C=N–C) groups is 1. The predicted octanol–water partition coefficient (Wildman–Crippen LogP) is 4.19. The normalized spacial score (nSPS) is 16.7. The Balaban J connectivity index is 1.85. The van der Waals surface area contributed by atoms with E-state index < -0.39 is 0 Å². The van der Waals surface area contributed by atoms with E-state index in [0.717, 1.165) is 41.3 Å². The first kappa shape index (κ1) is 15.7. The zero-order valence-corrected chi connectivity index (χ0v) is 13.7. The minimum atomic E-state index is 0.809. The number of fused-ring (bicyclic) bond motifs is 1. The van der Waals surface area contributed by atoms with Crippen molar-refractivity contribution in [2.75, 3.05) is 19.0 Å². The van der Waals surface area contributed by atoms with Crippen molar-refractivity contribution in [3.8, 4) is 5.75 Å².